The van der Waals surface area contributed by atoms with Crippen molar-refractivity contribution in [2.75, 3.05) is 17.4 Å². The Morgan fingerprint density at radius 3 is 1.89 bits per heavy atom. The van der Waals surface area contributed by atoms with Gasteiger partial charge in [0.2, 0.25) is 11.8 Å². The van der Waals surface area contributed by atoms with Gasteiger partial charge < -0.3 is 10.2 Å². The van der Waals surface area contributed by atoms with E-state index in [2.05, 4.69) is 19.2 Å². The molecule has 4 aromatic carbocycles. The maximum Gasteiger partial charge on any atom is 0.264 e. The number of carbonyl (C=O) groups excluding carboxylic acids is 2. The van der Waals surface area contributed by atoms with E-state index in [1.807, 2.05) is 87.5 Å². The number of nitrogens with zero attached hydrogens (tertiary/aromatic N) is 2. The summed E-state index contributed by atoms with van der Waals surface area (Å²) < 4.78 is 29.5. The zero-order valence-corrected chi connectivity index (χ0v) is 28.2. The van der Waals surface area contributed by atoms with Gasteiger partial charge in [0, 0.05) is 19.5 Å². The van der Waals surface area contributed by atoms with Crippen LogP contribution >= 0.6 is 0 Å². The minimum absolute atomic E-state index is 0.0799. The summed E-state index contributed by atoms with van der Waals surface area (Å²) in [6, 6.07) is 31.9. The first-order valence-corrected chi connectivity index (χ1v) is 17.2. The molecule has 8 heteroatoms. The van der Waals surface area contributed by atoms with Crippen LogP contribution < -0.4 is 9.62 Å². The van der Waals surface area contributed by atoms with Gasteiger partial charge >= 0.3 is 0 Å². The molecule has 1 N–H and O–H groups in total. The summed E-state index contributed by atoms with van der Waals surface area (Å²) in [6.07, 6.45) is 0.275. The minimum atomic E-state index is -4.14. The second-order valence-corrected chi connectivity index (χ2v) is 14.3. The van der Waals surface area contributed by atoms with Crippen molar-refractivity contribution in [1.29, 1.82) is 0 Å². The summed E-state index contributed by atoms with van der Waals surface area (Å²) in [5, 5.41) is 3.03. The molecule has 0 radical (unpaired) electrons. The molecule has 2 amide bonds. The van der Waals surface area contributed by atoms with E-state index in [9.17, 15) is 18.0 Å². The van der Waals surface area contributed by atoms with Gasteiger partial charge in [-0.05, 0) is 59.7 Å². The number of benzene rings is 4. The number of rotatable bonds is 14. The van der Waals surface area contributed by atoms with Crippen molar-refractivity contribution in [1.82, 2.24) is 10.2 Å². The average molecular weight is 640 g/mol. The number of carbonyl (C=O) groups is 2. The number of sulfonamides is 1. The van der Waals surface area contributed by atoms with Gasteiger partial charge in [0.05, 0.1) is 10.6 Å². The number of aryl methyl sites for hydroxylation is 1. The Balaban J connectivity index is 1.79. The largest absolute Gasteiger partial charge is 0.354 e. The van der Waals surface area contributed by atoms with Crippen LogP contribution in [0.1, 0.15) is 55.9 Å². The van der Waals surface area contributed by atoms with E-state index in [-0.39, 0.29) is 35.6 Å². The zero-order valence-electron chi connectivity index (χ0n) is 27.4. The Labute approximate surface area is 274 Å². The van der Waals surface area contributed by atoms with Crippen LogP contribution in [0.2, 0.25) is 0 Å². The lowest BCUT2D eigenvalue weighted by Gasteiger charge is -2.34. The first-order valence-electron chi connectivity index (χ1n) is 15.8. The van der Waals surface area contributed by atoms with E-state index in [0.717, 1.165) is 26.6 Å². The predicted octanol–water partition coefficient (Wildman–Crippen LogP) is 6.73. The highest BCUT2D eigenvalue weighted by atomic mass is 32.2. The molecule has 1 unspecified atom stereocenters. The van der Waals surface area contributed by atoms with Crippen molar-refractivity contribution in [2.24, 2.45) is 5.92 Å². The van der Waals surface area contributed by atoms with E-state index in [4.69, 9.17) is 0 Å². The fourth-order valence-corrected chi connectivity index (χ4v) is 6.58. The summed E-state index contributed by atoms with van der Waals surface area (Å²) in [7, 11) is -4.14. The molecule has 0 saturated heterocycles. The Morgan fingerprint density at radius 1 is 0.739 bits per heavy atom. The Kier molecular flexibility index (Phi) is 11.8. The second kappa shape index (κ2) is 15.7. The summed E-state index contributed by atoms with van der Waals surface area (Å²) in [6.45, 7) is 10.3. The molecular weight excluding hydrogens is 595 g/mol. The highest BCUT2D eigenvalue weighted by molar-refractivity contribution is 7.92. The molecule has 0 aliphatic heterocycles. The van der Waals surface area contributed by atoms with E-state index >= 15 is 0 Å². The lowest BCUT2D eigenvalue weighted by atomic mass is 10.0. The number of amides is 2. The van der Waals surface area contributed by atoms with Crippen LogP contribution in [-0.2, 0) is 32.6 Å². The third kappa shape index (κ3) is 9.07. The van der Waals surface area contributed by atoms with Crippen molar-refractivity contribution in [3.63, 3.8) is 0 Å². The number of nitrogens with one attached hydrogen (secondary N) is 1. The Hall–Kier alpha value is -4.43. The van der Waals surface area contributed by atoms with Crippen molar-refractivity contribution >= 4 is 27.5 Å². The molecule has 7 nitrogen and oxygen atoms in total. The predicted molar refractivity (Wildman–Crippen MR) is 185 cm³/mol. The van der Waals surface area contributed by atoms with Gasteiger partial charge in [-0.25, -0.2) is 8.42 Å². The number of anilines is 1. The molecule has 4 rings (SSSR count). The third-order valence-corrected chi connectivity index (χ3v) is 9.68. The lowest BCUT2D eigenvalue weighted by molar-refractivity contribution is -0.140. The van der Waals surface area contributed by atoms with Crippen molar-refractivity contribution in [3.05, 3.63) is 131 Å². The first-order chi connectivity index (χ1) is 22.0. The van der Waals surface area contributed by atoms with Crippen LogP contribution in [-0.4, -0.2) is 44.3 Å². The fourth-order valence-electron chi connectivity index (χ4n) is 5.14. The van der Waals surface area contributed by atoms with Gasteiger partial charge in [-0.2, -0.15) is 0 Å². The molecule has 242 valence electrons. The van der Waals surface area contributed by atoms with Crippen LogP contribution in [0.3, 0.4) is 0 Å². The van der Waals surface area contributed by atoms with Gasteiger partial charge in [-0.3, -0.25) is 13.9 Å². The summed E-state index contributed by atoms with van der Waals surface area (Å²) in [5.41, 5.74) is 4.24. The molecule has 0 bridgehead atoms. The summed E-state index contributed by atoms with van der Waals surface area (Å²) >= 11 is 0. The SMILES string of the molecule is Cc1ccc(CN(C(=O)CN(c2ccc(C(C)C)cc2)S(=O)(=O)c2ccccc2)C(Cc2ccccc2)C(=O)NCC(C)C)cc1. The van der Waals surface area contributed by atoms with Gasteiger partial charge in [0.25, 0.3) is 10.0 Å². The standard InChI is InChI=1S/C38H45N3O4S/c1-28(2)25-39-38(43)36(24-31-12-8-6-9-13-31)40(26-32-18-16-30(5)17-19-32)37(42)27-41(34-22-20-33(21-23-34)29(3)4)46(44,45)35-14-10-7-11-15-35/h6-23,28-29,36H,24-27H2,1-5H3,(H,39,43). The highest BCUT2D eigenvalue weighted by Gasteiger charge is 2.34. The highest BCUT2D eigenvalue weighted by Crippen LogP contribution is 2.27. The smallest absolute Gasteiger partial charge is 0.264 e. The molecule has 0 saturated carbocycles. The topological polar surface area (TPSA) is 86.8 Å². The van der Waals surface area contributed by atoms with E-state index in [1.165, 1.54) is 17.0 Å². The molecule has 0 fully saturated rings. The van der Waals surface area contributed by atoms with E-state index < -0.39 is 28.5 Å². The molecule has 0 spiro atoms. The zero-order chi connectivity index (χ0) is 33.3. The number of hydrogen-bond donors (Lipinski definition) is 1. The lowest BCUT2D eigenvalue weighted by Crippen LogP contribution is -2.53. The maximum absolute atomic E-state index is 14.6. The molecule has 4 aromatic rings. The second-order valence-electron chi connectivity index (χ2n) is 12.4. The van der Waals surface area contributed by atoms with Gasteiger partial charge in [0.1, 0.15) is 12.6 Å². The molecule has 1 atom stereocenters. The minimum Gasteiger partial charge on any atom is -0.354 e. The van der Waals surface area contributed by atoms with Gasteiger partial charge in [-0.1, -0.05) is 118 Å². The van der Waals surface area contributed by atoms with Crippen LogP contribution in [0.5, 0.6) is 0 Å². The van der Waals surface area contributed by atoms with Crippen LogP contribution in [0.15, 0.2) is 114 Å². The van der Waals surface area contributed by atoms with Gasteiger partial charge in [0.15, 0.2) is 0 Å². The van der Waals surface area contributed by atoms with Crippen molar-refractivity contribution in [2.45, 2.75) is 64.4 Å². The monoisotopic (exact) mass is 639 g/mol. The van der Waals surface area contributed by atoms with Crippen LogP contribution in [0.25, 0.3) is 0 Å². The maximum atomic E-state index is 14.6. The van der Waals surface area contributed by atoms with Crippen LogP contribution in [0.4, 0.5) is 5.69 Å². The quantitative estimate of drug-likeness (QED) is 0.166. The molecule has 46 heavy (non-hydrogen) atoms. The number of hydrogen-bond acceptors (Lipinski definition) is 4. The first kappa shape index (κ1) is 34.4. The van der Waals surface area contributed by atoms with Crippen molar-refractivity contribution < 1.29 is 18.0 Å². The summed E-state index contributed by atoms with van der Waals surface area (Å²) in [4.78, 5) is 30.1. The Bertz CT molecular complexity index is 1670. The van der Waals surface area contributed by atoms with E-state index in [1.54, 1.807) is 30.3 Å². The molecule has 0 aliphatic rings. The van der Waals surface area contributed by atoms with Crippen LogP contribution in [0, 0.1) is 12.8 Å². The molecule has 0 aliphatic carbocycles. The fraction of sp³-hybridized carbons (Fsp3) is 0.316. The third-order valence-electron chi connectivity index (χ3n) is 7.89. The summed E-state index contributed by atoms with van der Waals surface area (Å²) in [5.74, 6) is -0.295. The molecule has 0 heterocycles. The molecule has 0 aromatic heterocycles. The van der Waals surface area contributed by atoms with Crippen molar-refractivity contribution in [3.8, 4) is 0 Å². The van der Waals surface area contributed by atoms with Gasteiger partial charge in [-0.15, -0.1) is 0 Å². The molecular formula is C38H45N3O4S. The average Bonchev–Trinajstić information content (AvgIpc) is 3.05. The van der Waals surface area contributed by atoms with E-state index in [0.29, 0.717) is 12.2 Å². The normalized spacial score (nSPS) is 12.2. The Morgan fingerprint density at radius 2 is 1.33 bits per heavy atom.